The predicted molar refractivity (Wildman–Crippen MR) is 541 cm³/mol. The highest BCUT2D eigenvalue weighted by Gasteiger charge is 2.27. The maximum Gasteiger partial charge on any atom is 0.258 e. The number of oxazole rings is 2. The van der Waals surface area contributed by atoms with Crippen molar-refractivity contribution in [1.82, 2.24) is 107 Å². The SMILES string of the molecule is COc1ncc(-c2cc(=O)n3cc(N4CCN[C@@H](C)C4)ccc3n2)cc1F.COc1ncc(-c2cc(=O)n3cc(N4C[C@@H](C)N[C@@H](C)C4)ccc3n2)cc1F.Cc1cn2nc(-c3cc(=O)n4cc(N5CCN(C)CC5)ccc4n3)cc2c(C)n1.Cc1nc2ccc(-c3cc(=O)n4cc(N5CCN(C)CC5)ccc4n3)cc2o1.Cc1nc2ccc(-c3cc(=O)n4cc(N5C[C@@H](C)N[C@@H](C)C5)ccc4n3)cc2o1. The van der Waals surface area contributed by atoms with Crippen molar-refractivity contribution in [3.8, 4) is 68.2 Å². The molecule has 3 N–H and O–H groups in total. The van der Waals surface area contributed by atoms with Crippen LogP contribution < -0.4 is 77.7 Å². The smallest absolute Gasteiger partial charge is 0.258 e. The Labute approximate surface area is 807 Å². The molecule has 23 rings (SSSR count). The molecule has 5 saturated heterocycles. The zero-order valence-electron chi connectivity index (χ0n) is 80.6. The number of aryl methyl sites for hydroxylation is 4. The van der Waals surface area contributed by atoms with Gasteiger partial charge in [-0.05, 0) is 166 Å². The molecule has 21 heterocycles. The monoisotopic (exact) mass is 1910 g/mol. The lowest BCUT2D eigenvalue weighted by atomic mass is 10.1. The Bertz CT molecular complexity index is 8080. The van der Waals surface area contributed by atoms with Gasteiger partial charge in [-0.3, -0.25) is 51.0 Å². The van der Waals surface area contributed by atoms with Crippen LogP contribution in [-0.4, -0.2) is 248 Å². The fourth-order valence-electron chi connectivity index (χ4n) is 18.7. The number of likely N-dealkylation sites (N-methyl/N-ethyl adjacent to an activating group) is 2. The number of fused-ring (bicyclic) bond motifs is 8. The van der Waals surface area contributed by atoms with Crippen LogP contribution in [0.5, 0.6) is 11.8 Å². The minimum absolute atomic E-state index is 0.0915. The zero-order chi connectivity index (χ0) is 98.3. The second-order valence-corrected chi connectivity index (χ2v) is 36.7. The molecule has 724 valence electrons. The van der Waals surface area contributed by atoms with E-state index in [2.05, 4.69) is 139 Å². The van der Waals surface area contributed by atoms with Gasteiger partial charge in [0.15, 0.2) is 34.6 Å². The Morgan fingerprint density at radius 3 is 1.07 bits per heavy atom. The van der Waals surface area contributed by atoms with Crippen LogP contribution in [0.2, 0.25) is 0 Å². The first-order valence-electron chi connectivity index (χ1n) is 47.0. The van der Waals surface area contributed by atoms with Gasteiger partial charge in [0.05, 0.1) is 94.2 Å². The van der Waals surface area contributed by atoms with E-state index in [4.69, 9.17) is 33.3 Å². The molecule has 0 aliphatic carbocycles. The highest BCUT2D eigenvalue weighted by molar-refractivity contribution is 5.81. The summed E-state index contributed by atoms with van der Waals surface area (Å²) in [4.78, 5) is 124. The van der Waals surface area contributed by atoms with Gasteiger partial charge in [0, 0.05) is 238 Å². The molecule has 18 aromatic rings. The van der Waals surface area contributed by atoms with Crippen LogP contribution in [0.1, 0.15) is 57.8 Å². The maximum absolute atomic E-state index is 14.0. The van der Waals surface area contributed by atoms with E-state index in [9.17, 15) is 32.8 Å². The van der Waals surface area contributed by atoms with E-state index in [1.54, 1.807) is 48.2 Å². The Hall–Kier alpha value is -15.6. The molecule has 0 saturated carbocycles. The lowest BCUT2D eigenvalue weighted by Crippen LogP contribution is -2.54. The van der Waals surface area contributed by atoms with Crippen molar-refractivity contribution in [2.45, 2.75) is 92.5 Å². The van der Waals surface area contributed by atoms with E-state index in [1.807, 2.05) is 156 Å². The molecule has 0 bridgehead atoms. The van der Waals surface area contributed by atoms with Crippen molar-refractivity contribution in [2.24, 2.45) is 0 Å². The molecule has 0 spiro atoms. The van der Waals surface area contributed by atoms with Gasteiger partial charge in [-0.2, -0.15) is 5.10 Å². The fraction of sp³-hybridized carbons (Fsp3) is 0.320. The van der Waals surface area contributed by atoms with Crippen LogP contribution in [0.4, 0.5) is 37.2 Å². The number of hydrogen-bond donors (Lipinski definition) is 3. The standard InChI is InChI=1S/C22H23N5O2.C21H23N7O.C21H21N5O2.C20H22FN5O2.C19H20FN5O2/c1-13-10-26(11-14(2)23-13)17-5-7-21-25-19(9-22(28)27(21)12-17)16-4-6-18-20(8-16)29-15(3)24-18;1-14-12-28-19(15(2)22-14)10-18(24-28)17-11-21(29)27-13-16(4-5-20(27)23-17)26-8-6-25(3)7-9-26;1-14-22-17-5-3-15(11-19(17)28-14)18-12-21(27)26-13-16(4-6-20(26)23-18)25-9-7-24(2)8-10-25;1-12-9-25(10-13(2)23-12)15-4-5-18-24-17(7-19(27)26(18)11-15)14-6-16(21)20(28-3)22-8-14;1-12-10-24(6-5-21-12)14-3-4-17-23-16(8-18(26)25(17)11-14)13-7-15(20)19(27-2)22-9-13/h4-9,12-14,23H,10-11H2,1-3H3;4-5,10-13H,6-9H2,1-3H3;3-6,11-13H,7-10H2,1-2H3;4-8,11-13,23H,9-10H2,1-3H3;3-4,7-9,11-12,21H,5-6,10H2,1-2H3/t13-,14+;;;12-,13+;12-/m....0/s1. The summed E-state index contributed by atoms with van der Waals surface area (Å²) < 4.78 is 58.5. The molecule has 141 heavy (non-hydrogen) atoms. The molecule has 36 nitrogen and oxygen atoms in total. The van der Waals surface area contributed by atoms with Gasteiger partial charge in [-0.1, -0.05) is 12.1 Å². The molecule has 16 aromatic heterocycles. The van der Waals surface area contributed by atoms with Gasteiger partial charge in [0.25, 0.3) is 27.8 Å². The number of aromatic nitrogens is 17. The number of pyridine rings is 7. The van der Waals surface area contributed by atoms with Gasteiger partial charge < -0.3 is 68.6 Å². The molecule has 5 aliphatic heterocycles. The summed E-state index contributed by atoms with van der Waals surface area (Å²) in [6, 6.07) is 44.6. The number of hydrogen-bond acceptors (Lipinski definition) is 30. The average molecular weight is 1910 g/mol. The molecule has 5 aliphatic rings. The van der Waals surface area contributed by atoms with E-state index >= 15 is 0 Å². The Morgan fingerprint density at radius 2 is 0.702 bits per heavy atom. The van der Waals surface area contributed by atoms with Crippen molar-refractivity contribution in [3.63, 3.8) is 0 Å². The number of anilines is 5. The van der Waals surface area contributed by atoms with E-state index in [1.165, 1.54) is 59.7 Å². The van der Waals surface area contributed by atoms with Gasteiger partial charge in [0.1, 0.15) is 45.0 Å². The fourth-order valence-corrected chi connectivity index (χ4v) is 18.7. The molecule has 0 radical (unpaired) electrons. The topological polar surface area (TPSA) is 357 Å². The average Bonchev–Trinajstić information content (AvgIpc) is 1.40. The molecule has 5 fully saturated rings. The summed E-state index contributed by atoms with van der Waals surface area (Å²) in [5, 5.41) is 15.0. The van der Waals surface area contributed by atoms with Crippen molar-refractivity contribution in [1.29, 1.82) is 0 Å². The molecule has 0 amide bonds. The first-order valence-corrected chi connectivity index (χ1v) is 47.0. The summed E-state index contributed by atoms with van der Waals surface area (Å²) in [7, 11) is 6.96. The van der Waals surface area contributed by atoms with Gasteiger partial charge in [0.2, 0.25) is 11.8 Å². The summed E-state index contributed by atoms with van der Waals surface area (Å²) in [5.41, 5.74) is 18.7. The van der Waals surface area contributed by atoms with Crippen molar-refractivity contribution >= 4 is 84.4 Å². The summed E-state index contributed by atoms with van der Waals surface area (Å²) >= 11 is 0. The Morgan fingerprint density at radius 1 is 0.355 bits per heavy atom. The number of benzene rings is 2. The lowest BCUT2D eigenvalue weighted by Gasteiger charge is -2.37. The molecule has 0 unspecified atom stereocenters. The second kappa shape index (κ2) is 40.1. The number of nitrogens with one attached hydrogen (secondary N) is 3. The molecule has 2 aromatic carbocycles. The van der Waals surface area contributed by atoms with Crippen LogP contribution in [0, 0.1) is 39.3 Å². The number of rotatable bonds is 12. The first-order chi connectivity index (χ1) is 68.0. The highest BCUT2D eigenvalue weighted by Crippen LogP contribution is 2.32. The maximum atomic E-state index is 14.0. The predicted octanol–water partition coefficient (Wildman–Crippen LogP) is 11.1. The molecule has 5 atom stereocenters. The number of halogens is 2. The summed E-state index contributed by atoms with van der Waals surface area (Å²) in [6.45, 7) is 32.4. The molecular formula is C103H109F2N27O9. The van der Waals surface area contributed by atoms with Crippen LogP contribution in [-0.2, 0) is 0 Å². The van der Waals surface area contributed by atoms with Crippen molar-refractivity contribution in [2.75, 3.05) is 151 Å². The third-order valence-corrected chi connectivity index (χ3v) is 25.7. The number of piperazine rings is 5. The normalized spacial score (nSPS) is 17.6. The number of nitrogens with zero attached hydrogens (tertiary/aromatic N) is 24. The minimum Gasteiger partial charge on any atom is -0.479 e. The van der Waals surface area contributed by atoms with E-state index in [0.29, 0.717) is 127 Å². The number of ether oxygens (including phenoxy) is 2. The minimum atomic E-state index is -0.598. The van der Waals surface area contributed by atoms with Crippen molar-refractivity contribution < 1.29 is 27.1 Å². The van der Waals surface area contributed by atoms with Gasteiger partial charge >= 0.3 is 0 Å². The van der Waals surface area contributed by atoms with Crippen LogP contribution in [0.25, 0.3) is 112 Å². The molecular weight excluding hydrogens is 1800 g/mol. The van der Waals surface area contributed by atoms with Crippen molar-refractivity contribution in [3.05, 3.63) is 282 Å². The second-order valence-electron chi connectivity index (χ2n) is 36.7. The van der Waals surface area contributed by atoms with Gasteiger partial charge in [-0.15, -0.1) is 0 Å². The van der Waals surface area contributed by atoms with Crippen LogP contribution >= 0.6 is 0 Å². The van der Waals surface area contributed by atoms with Crippen LogP contribution in [0.15, 0.2) is 228 Å². The van der Waals surface area contributed by atoms with E-state index in [-0.39, 0.29) is 39.6 Å². The highest BCUT2D eigenvalue weighted by atomic mass is 19.1. The third-order valence-electron chi connectivity index (χ3n) is 25.7. The van der Waals surface area contributed by atoms with E-state index in [0.717, 1.165) is 166 Å². The largest absolute Gasteiger partial charge is 0.479 e. The van der Waals surface area contributed by atoms with Gasteiger partial charge in [-0.25, -0.2) is 58.2 Å². The zero-order valence-corrected chi connectivity index (χ0v) is 80.6. The molecule has 38 heteroatoms. The Kier molecular flexibility index (Phi) is 26.8. The first kappa shape index (κ1) is 94.3. The summed E-state index contributed by atoms with van der Waals surface area (Å²) in [6.07, 6.45) is 14.0. The lowest BCUT2D eigenvalue weighted by molar-refractivity contribution is 0.313. The summed E-state index contributed by atoms with van der Waals surface area (Å²) in [5.74, 6) is -0.140. The quantitative estimate of drug-likeness (QED) is 0.102. The number of methoxy groups -OCH3 is 2. The van der Waals surface area contributed by atoms with E-state index < -0.39 is 11.6 Å². The third kappa shape index (κ3) is 20.8. The van der Waals surface area contributed by atoms with Crippen LogP contribution in [0.3, 0.4) is 0 Å². The Balaban J connectivity index is 0.000000112.